The Kier molecular flexibility index (Phi) is 6.20. The molecule has 2 aromatic carbocycles. The summed E-state index contributed by atoms with van der Waals surface area (Å²) in [5.41, 5.74) is 4.72. The maximum absolute atomic E-state index is 13.4. The standard InChI is InChI=1S/C25H24BrFN2O2S2/c1-17-25(19-12-14-28(15-13-19)33(30,31)24-11-10-23(26)32-24)21-4-2-3-5-22(21)29(17)16-18-6-8-20(27)9-7-18/h2-11,19H,12-16H2,1H3. The van der Waals surface area contributed by atoms with Crippen LogP contribution in [0.2, 0.25) is 0 Å². The van der Waals surface area contributed by atoms with Gasteiger partial charge in [-0.3, -0.25) is 0 Å². The van der Waals surface area contributed by atoms with E-state index in [9.17, 15) is 12.8 Å². The van der Waals surface area contributed by atoms with Gasteiger partial charge in [-0.25, -0.2) is 12.8 Å². The van der Waals surface area contributed by atoms with Gasteiger partial charge in [0.1, 0.15) is 10.0 Å². The van der Waals surface area contributed by atoms with Crippen LogP contribution in [0.25, 0.3) is 10.9 Å². The number of rotatable bonds is 5. The summed E-state index contributed by atoms with van der Waals surface area (Å²) in [5, 5.41) is 1.22. The highest BCUT2D eigenvalue weighted by atomic mass is 79.9. The van der Waals surface area contributed by atoms with Crippen LogP contribution in [0, 0.1) is 12.7 Å². The number of hydrogen-bond acceptors (Lipinski definition) is 3. The van der Waals surface area contributed by atoms with Crippen LogP contribution >= 0.6 is 27.3 Å². The fourth-order valence-electron chi connectivity index (χ4n) is 4.90. The molecule has 1 aliphatic rings. The van der Waals surface area contributed by atoms with Crippen molar-refractivity contribution in [2.24, 2.45) is 0 Å². The molecule has 1 fully saturated rings. The molecule has 2 aromatic heterocycles. The maximum atomic E-state index is 13.4. The van der Waals surface area contributed by atoms with Gasteiger partial charge < -0.3 is 4.57 Å². The van der Waals surface area contributed by atoms with E-state index in [-0.39, 0.29) is 5.82 Å². The third-order valence-electron chi connectivity index (χ3n) is 6.54. The number of nitrogens with zero attached hydrogens (tertiary/aromatic N) is 2. The Morgan fingerprint density at radius 1 is 1.03 bits per heavy atom. The molecule has 4 aromatic rings. The summed E-state index contributed by atoms with van der Waals surface area (Å²) in [6, 6.07) is 18.5. The van der Waals surface area contributed by atoms with Gasteiger partial charge in [-0.2, -0.15) is 4.31 Å². The third-order valence-corrected chi connectivity index (χ3v) is 10.5. The van der Waals surface area contributed by atoms with Crippen molar-refractivity contribution in [3.63, 3.8) is 0 Å². The van der Waals surface area contributed by atoms with E-state index in [1.54, 1.807) is 16.4 Å². The van der Waals surface area contributed by atoms with Gasteiger partial charge in [0.05, 0.1) is 3.79 Å². The molecule has 0 saturated carbocycles. The second-order valence-electron chi connectivity index (χ2n) is 8.47. The number of para-hydroxylation sites is 1. The fourth-order valence-corrected chi connectivity index (χ4v) is 8.53. The molecular weight excluding hydrogens is 523 g/mol. The molecule has 5 rings (SSSR count). The first-order chi connectivity index (χ1) is 15.8. The van der Waals surface area contributed by atoms with E-state index in [1.165, 1.54) is 40.1 Å². The normalized spacial score (nSPS) is 16.0. The average Bonchev–Trinajstić information content (AvgIpc) is 3.37. The lowest BCUT2D eigenvalue weighted by Gasteiger charge is -2.31. The molecule has 1 aliphatic heterocycles. The Hall–Kier alpha value is -2.00. The van der Waals surface area contributed by atoms with Crippen molar-refractivity contribution in [2.45, 2.75) is 36.4 Å². The van der Waals surface area contributed by atoms with Crippen LogP contribution in [-0.4, -0.2) is 30.4 Å². The molecule has 3 heterocycles. The number of aromatic nitrogens is 1. The highest BCUT2D eigenvalue weighted by Gasteiger charge is 2.32. The van der Waals surface area contributed by atoms with Gasteiger partial charge in [0.25, 0.3) is 10.0 Å². The molecular formula is C25H24BrFN2O2S2. The van der Waals surface area contributed by atoms with Crippen molar-refractivity contribution in [2.75, 3.05) is 13.1 Å². The summed E-state index contributed by atoms with van der Waals surface area (Å²) in [6.07, 6.45) is 1.58. The van der Waals surface area contributed by atoms with Crippen molar-refractivity contribution in [3.05, 3.63) is 87.1 Å². The Morgan fingerprint density at radius 2 is 1.73 bits per heavy atom. The number of hydrogen-bond donors (Lipinski definition) is 0. The predicted octanol–water partition coefficient (Wildman–Crippen LogP) is 6.53. The first-order valence-corrected chi connectivity index (χ1v) is 14.0. The summed E-state index contributed by atoms with van der Waals surface area (Å²) in [4.78, 5) is 0. The molecule has 8 heteroatoms. The van der Waals surface area contributed by atoms with Gasteiger partial charge in [-0.1, -0.05) is 30.3 Å². The average molecular weight is 548 g/mol. The molecule has 0 aliphatic carbocycles. The van der Waals surface area contributed by atoms with Crippen molar-refractivity contribution in [1.29, 1.82) is 0 Å². The zero-order valence-electron chi connectivity index (χ0n) is 18.2. The van der Waals surface area contributed by atoms with Gasteiger partial charge in [0, 0.05) is 36.2 Å². The van der Waals surface area contributed by atoms with Crippen LogP contribution in [0.15, 0.2) is 68.7 Å². The highest BCUT2D eigenvalue weighted by molar-refractivity contribution is 9.11. The van der Waals surface area contributed by atoms with Gasteiger partial charge in [-0.15, -0.1) is 11.3 Å². The molecule has 0 spiro atoms. The smallest absolute Gasteiger partial charge is 0.252 e. The minimum absolute atomic E-state index is 0.231. The van der Waals surface area contributed by atoms with Gasteiger partial charge >= 0.3 is 0 Å². The van der Waals surface area contributed by atoms with E-state index in [0.717, 1.165) is 27.7 Å². The van der Waals surface area contributed by atoms with Gasteiger partial charge in [-0.05, 0) is 83.1 Å². The molecule has 0 radical (unpaired) electrons. The van der Waals surface area contributed by atoms with Crippen molar-refractivity contribution in [1.82, 2.24) is 8.87 Å². The number of halogens is 2. The Labute approximate surface area is 205 Å². The quantitative estimate of drug-likeness (QED) is 0.285. The largest absolute Gasteiger partial charge is 0.340 e. The van der Waals surface area contributed by atoms with Crippen LogP contribution in [0.4, 0.5) is 4.39 Å². The minimum atomic E-state index is -3.45. The highest BCUT2D eigenvalue weighted by Crippen LogP contribution is 2.39. The third kappa shape index (κ3) is 4.30. The Morgan fingerprint density at radius 3 is 2.39 bits per heavy atom. The van der Waals surface area contributed by atoms with E-state index in [1.807, 2.05) is 18.2 Å². The monoisotopic (exact) mass is 546 g/mol. The second kappa shape index (κ2) is 8.98. The van der Waals surface area contributed by atoms with E-state index < -0.39 is 10.0 Å². The van der Waals surface area contributed by atoms with E-state index in [4.69, 9.17) is 0 Å². The van der Waals surface area contributed by atoms with Gasteiger partial charge in [0.2, 0.25) is 0 Å². The van der Waals surface area contributed by atoms with E-state index in [2.05, 4.69) is 45.6 Å². The van der Waals surface area contributed by atoms with Crippen LogP contribution in [0.1, 0.15) is 35.6 Å². The fraction of sp³-hybridized carbons (Fsp3) is 0.280. The summed E-state index contributed by atoms with van der Waals surface area (Å²) >= 11 is 4.62. The topological polar surface area (TPSA) is 42.3 Å². The van der Waals surface area contributed by atoms with Crippen LogP contribution in [0.5, 0.6) is 0 Å². The Balaban J connectivity index is 1.43. The molecule has 33 heavy (non-hydrogen) atoms. The van der Waals surface area contributed by atoms with Crippen molar-refractivity contribution < 1.29 is 12.8 Å². The van der Waals surface area contributed by atoms with E-state index in [0.29, 0.717) is 29.8 Å². The predicted molar refractivity (Wildman–Crippen MR) is 135 cm³/mol. The lowest BCUT2D eigenvalue weighted by molar-refractivity contribution is 0.320. The molecule has 0 amide bonds. The van der Waals surface area contributed by atoms with Crippen LogP contribution in [0.3, 0.4) is 0 Å². The summed E-state index contributed by atoms with van der Waals surface area (Å²) in [6.45, 7) is 3.84. The van der Waals surface area contributed by atoms with E-state index >= 15 is 0 Å². The summed E-state index contributed by atoms with van der Waals surface area (Å²) in [7, 11) is -3.45. The second-order valence-corrected chi connectivity index (χ2v) is 13.1. The number of thiophene rings is 1. The number of piperidine rings is 1. The van der Waals surface area contributed by atoms with Gasteiger partial charge in [0.15, 0.2) is 0 Å². The van der Waals surface area contributed by atoms with Crippen molar-refractivity contribution in [3.8, 4) is 0 Å². The number of benzene rings is 2. The summed E-state index contributed by atoms with van der Waals surface area (Å²) < 4.78 is 44.6. The molecule has 172 valence electrons. The molecule has 1 saturated heterocycles. The van der Waals surface area contributed by atoms with Crippen molar-refractivity contribution >= 4 is 48.2 Å². The lowest BCUT2D eigenvalue weighted by atomic mass is 9.88. The maximum Gasteiger partial charge on any atom is 0.252 e. The minimum Gasteiger partial charge on any atom is -0.340 e. The molecule has 0 atom stereocenters. The Bertz CT molecular complexity index is 1400. The molecule has 0 unspecified atom stereocenters. The zero-order chi connectivity index (χ0) is 23.2. The SMILES string of the molecule is Cc1c(C2CCN(S(=O)(=O)c3ccc(Br)s3)CC2)c2ccccc2n1Cc1ccc(F)cc1. The molecule has 0 N–H and O–H groups in total. The van der Waals surface area contributed by atoms with Crippen LogP contribution < -0.4 is 0 Å². The summed E-state index contributed by atoms with van der Waals surface area (Å²) in [5.74, 6) is 0.0658. The zero-order valence-corrected chi connectivity index (χ0v) is 21.4. The number of fused-ring (bicyclic) bond motifs is 1. The lowest BCUT2D eigenvalue weighted by Crippen LogP contribution is -2.37. The van der Waals surface area contributed by atoms with Crippen LogP contribution in [-0.2, 0) is 16.6 Å². The molecule has 0 bridgehead atoms. The molecule has 4 nitrogen and oxygen atoms in total. The first kappa shape index (κ1) is 22.8. The first-order valence-electron chi connectivity index (χ1n) is 10.9. The number of sulfonamides is 1.